The molecular weight excluding hydrogens is 282 g/mol. The zero-order valence-electron chi connectivity index (χ0n) is 11.2. The quantitative estimate of drug-likeness (QED) is 0.616. The largest absolute Gasteiger partial charge is 0.402 e. The van der Waals surface area contributed by atoms with Crippen LogP contribution in [0.2, 0.25) is 0 Å². The van der Waals surface area contributed by atoms with Crippen LogP contribution in [0.25, 0.3) is 0 Å². The predicted molar refractivity (Wildman–Crippen MR) is 60.8 cm³/mol. The van der Waals surface area contributed by atoms with Crippen LogP contribution in [0.1, 0.15) is 39.0 Å². The Labute approximate surface area is 113 Å². The summed E-state index contributed by atoms with van der Waals surface area (Å²) in [6.45, 7) is 0.327. The lowest BCUT2D eigenvalue weighted by atomic mass is 9.55. The first-order valence-electron chi connectivity index (χ1n) is 7.18. The summed E-state index contributed by atoms with van der Waals surface area (Å²) in [5.74, 6) is 1.09. The molecule has 2 bridgehead atoms. The van der Waals surface area contributed by atoms with Gasteiger partial charge >= 0.3 is 12.4 Å². The van der Waals surface area contributed by atoms with E-state index in [0.717, 1.165) is 19.3 Å². The third-order valence-electron chi connectivity index (χ3n) is 6.20. The van der Waals surface area contributed by atoms with Gasteiger partial charge in [0.05, 0.1) is 0 Å². The number of halogens is 6. The van der Waals surface area contributed by atoms with Gasteiger partial charge in [-0.05, 0) is 68.6 Å². The Morgan fingerprint density at radius 1 is 0.850 bits per heavy atom. The maximum absolute atomic E-state index is 12.9. The fraction of sp³-hybridized carbons (Fsp3) is 1.00. The molecule has 5 unspecified atom stereocenters. The normalized spacial score (nSPS) is 40.6. The Kier molecular flexibility index (Phi) is 2.95. The minimum absolute atomic E-state index is 0.123. The van der Waals surface area contributed by atoms with Gasteiger partial charge in [0.25, 0.3) is 0 Å². The van der Waals surface area contributed by atoms with Crippen molar-refractivity contribution in [3.8, 4) is 0 Å². The van der Waals surface area contributed by atoms with E-state index in [1.165, 1.54) is 0 Å². The van der Waals surface area contributed by atoms with Crippen molar-refractivity contribution in [3.63, 3.8) is 0 Å². The Hall–Kier alpha value is -0.420. The van der Waals surface area contributed by atoms with Gasteiger partial charge in [-0.1, -0.05) is 0 Å². The molecule has 116 valence electrons. The van der Waals surface area contributed by atoms with Gasteiger partial charge in [-0.3, -0.25) is 0 Å². The van der Waals surface area contributed by atoms with Crippen LogP contribution in [-0.4, -0.2) is 12.4 Å². The van der Waals surface area contributed by atoms with Crippen LogP contribution in [0.4, 0.5) is 26.3 Å². The highest BCUT2D eigenvalue weighted by molar-refractivity contribution is 5.08. The van der Waals surface area contributed by atoms with E-state index < -0.39 is 30.1 Å². The minimum atomic E-state index is -5.23. The van der Waals surface area contributed by atoms with Gasteiger partial charge in [-0.15, -0.1) is 0 Å². The lowest BCUT2D eigenvalue weighted by molar-refractivity contribution is -0.343. The predicted octanol–water partition coefficient (Wildman–Crippen LogP) is 5.19. The Balaban J connectivity index is 1.76. The molecule has 0 aromatic carbocycles. The van der Waals surface area contributed by atoms with Crippen LogP contribution in [0.15, 0.2) is 0 Å². The maximum Gasteiger partial charge on any atom is 0.402 e. The highest BCUT2D eigenvalue weighted by Crippen LogP contribution is 2.67. The molecule has 0 radical (unpaired) electrons. The number of hydrogen-bond acceptors (Lipinski definition) is 0. The van der Waals surface area contributed by atoms with Crippen molar-refractivity contribution in [2.24, 2.45) is 35.0 Å². The van der Waals surface area contributed by atoms with Crippen molar-refractivity contribution in [1.29, 1.82) is 0 Å². The monoisotopic (exact) mass is 300 g/mol. The van der Waals surface area contributed by atoms with E-state index in [0.29, 0.717) is 31.1 Å². The van der Waals surface area contributed by atoms with Gasteiger partial charge in [-0.25, -0.2) is 0 Å². The molecule has 0 spiro atoms. The van der Waals surface area contributed by atoms with Gasteiger partial charge in [0, 0.05) is 0 Å². The van der Waals surface area contributed by atoms with E-state index in [4.69, 9.17) is 0 Å². The number of rotatable bonds is 2. The molecular formula is C14H18F6. The molecule has 3 aliphatic rings. The summed E-state index contributed by atoms with van der Waals surface area (Å²) in [5, 5.41) is 0. The van der Waals surface area contributed by atoms with Gasteiger partial charge in [0.1, 0.15) is 0 Å². The third kappa shape index (κ3) is 1.82. The molecule has 0 amide bonds. The first-order valence-corrected chi connectivity index (χ1v) is 7.18. The lowest BCUT2D eigenvalue weighted by Crippen LogP contribution is -2.52. The number of hydrogen-bond donors (Lipinski definition) is 0. The maximum atomic E-state index is 12.9. The summed E-state index contributed by atoms with van der Waals surface area (Å²) in [7, 11) is 0. The van der Waals surface area contributed by atoms with E-state index in [1.807, 2.05) is 0 Å². The average Bonchev–Trinajstić information content (AvgIpc) is 2.77. The van der Waals surface area contributed by atoms with E-state index >= 15 is 0 Å². The van der Waals surface area contributed by atoms with Gasteiger partial charge in [0.2, 0.25) is 0 Å². The van der Waals surface area contributed by atoms with Crippen LogP contribution in [0.3, 0.4) is 0 Å². The molecule has 0 N–H and O–H groups in total. The lowest BCUT2D eigenvalue weighted by Gasteiger charge is -2.51. The fourth-order valence-corrected chi connectivity index (χ4v) is 4.99. The van der Waals surface area contributed by atoms with E-state index in [2.05, 4.69) is 0 Å². The molecule has 3 rings (SSSR count). The standard InChI is InChI=1S/C14H18F6/c1-12(13(15,16)17,14(18,19)20)6-9-5-10-7-2-3-8(4-7)11(9)10/h7-11H,2-6H2,1H3. The van der Waals surface area contributed by atoms with Gasteiger partial charge < -0.3 is 0 Å². The topological polar surface area (TPSA) is 0 Å². The second-order valence-electron chi connectivity index (χ2n) is 7.10. The second kappa shape index (κ2) is 4.07. The summed E-state index contributed by atoms with van der Waals surface area (Å²) in [6, 6.07) is 0. The molecule has 0 heterocycles. The van der Waals surface area contributed by atoms with Crippen molar-refractivity contribution in [2.45, 2.75) is 51.4 Å². The number of fused-ring (bicyclic) bond motifs is 5. The smallest absolute Gasteiger partial charge is 0.170 e. The number of alkyl halides is 6. The SMILES string of the molecule is CC(CC1CC2C3CCC(C3)C12)(C(F)(F)F)C(F)(F)F. The molecule has 0 nitrogen and oxygen atoms in total. The molecule has 3 saturated carbocycles. The first-order chi connectivity index (χ1) is 9.04. The van der Waals surface area contributed by atoms with E-state index in [1.54, 1.807) is 0 Å². The third-order valence-corrected chi connectivity index (χ3v) is 6.20. The minimum Gasteiger partial charge on any atom is -0.170 e. The van der Waals surface area contributed by atoms with Crippen LogP contribution in [0.5, 0.6) is 0 Å². The summed E-state index contributed by atoms with van der Waals surface area (Å²) in [4.78, 5) is 0. The van der Waals surface area contributed by atoms with Crippen LogP contribution >= 0.6 is 0 Å². The molecule has 0 aliphatic heterocycles. The van der Waals surface area contributed by atoms with Crippen molar-refractivity contribution in [3.05, 3.63) is 0 Å². The zero-order chi connectivity index (χ0) is 14.9. The average molecular weight is 300 g/mol. The highest BCUT2D eigenvalue weighted by Gasteiger charge is 2.69. The molecule has 3 fully saturated rings. The van der Waals surface area contributed by atoms with Crippen LogP contribution in [0, 0.1) is 35.0 Å². The molecule has 20 heavy (non-hydrogen) atoms. The van der Waals surface area contributed by atoms with Crippen LogP contribution in [-0.2, 0) is 0 Å². The summed E-state index contributed by atoms with van der Waals surface area (Å²) >= 11 is 0. The molecule has 5 atom stereocenters. The van der Waals surface area contributed by atoms with Gasteiger partial charge in [-0.2, -0.15) is 26.3 Å². The van der Waals surface area contributed by atoms with E-state index in [9.17, 15) is 26.3 Å². The Bertz CT molecular complexity index is 379. The van der Waals surface area contributed by atoms with Crippen molar-refractivity contribution >= 4 is 0 Å². The highest BCUT2D eigenvalue weighted by atomic mass is 19.4. The zero-order valence-corrected chi connectivity index (χ0v) is 11.2. The Morgan fingerprint density at radius 2 is 1.40 bits per heavy atom. The molecule has 3 aliphatic carbocycles. The molecule has 6 heteroatoms. The Morgan fingerprint density at radius 3 is 1.90 bits per heavy atom. The second-order valence-corrected chi connectivity index (χ2v) is 7.10. The molecule has 0 aromatic heterocycles. The first kappa shape index (κ1) is 14.5. The van der Waals surface area contributed by atoms with Crippen molar-refractivity contribution < 1.29 is 26.3 Å². The molecule has 0 saturated heterocycles. The van der Waals surface area contributed by atoms with E-state index in [-0.39, 0.29) is 5.92 Å². The van der Waals surface area contributed by atoms with Gasteiger partial charge in [0.15, 0.2) is 5.41 Å². The fourth-order valence-electron chi connectivity index (χ4n) is 4.99. The van der Waals surface area contributed by atoms with Crippen LogP contribution < -0.4 is 0 Å². The van der Waals surface area contributed by atoms with Crippen molar-refractivity contribution in [2.75, 3.05) is 0 Å². The molecule has 0 aromatic rings. The summed E-state index contributed by atoms with van der Waals surface area (Å²) in [5.41, 5.74) is -3.56. The van der Waals surface area contributed by atoms with Crippen molar-refractivity contribution in [1.82, 2.24) is 0 Å². The summed E-state index contributed by atoms with van der Waals surface area (Å²) < 4.78 is 77.6. The summed E-state index contributed by atoms with van der Waals surface area (Å²) in [6.07, 6.45) is -7.54.